The van der Waals surface area contributed by atoms with E-state index in [1.165, 1.54) is 70.6 Å². The van der Waals surface area contributed by atoms with Crippen molar-refractivity contribution in [2.24, 2.45) is 5.92 Å². The van der Waals surface area contributed by atoms with Crippen molar-refractivity contribution in [1.82, 2.24) is 0 Å². The van der Waals surface area contributed by atoms with E-state index in [0.29, 0.717) is 0 Å². The molecule has 19 heavy (non-hydrogen) atoms. The Hall–Kier alpha value is -0.780. The van der Waals surface area contributed by atoms with Crippen molar-refractivity contribution >= 4 is 0 Å². The van der Waals surface area contributed by atoms with E-state index in [0.717, 1.165) is 11.8 Å². The maximum Gasteiger partial charge on any atom is -0.0159 e. The monoisotopic (exact) mass is 256 g/mol. The van der Waals surface area contributed by atoms with Crippen LogP contribution in [-0.4, -0.2) is 0 Å². The number of hydrogen-bond acceptors (Lipinski definition) is 0. The van der Waals surface area contributed by atoms with Crippen molar-refractivity contribution in [3.8, 4) is 0 Å². The first-order chi connectivity index (χ1) is 9.43. The van der Waals surface area contributed by atoms with Crippen LogP contribution in [0.5, 0.6) is 0 Å². The second-order valence-electron chi connectivity index (χ2n) is 6.74. The molecule has 104 valence electrons. The van der Waals surface area contributed by atoms with E-state index >= 15 is 0 Å². The van der Waals surface area contributed by atoms with Crippen LogP contribution >= 0.6 is 0 Å². The zero-order valence-electron chi connectivity index (χ0n) is 12.2. The maximum absolute atomic E-state index is 2.42. The SMILES string of the molecule is c1ccc(C2CCCCC2)c(CC2CCCCC2)c1. The van der Waals surface area contributed by atoms with Crippen molar-refractivity contribution in [3.63, 3.8) is 0 Å². The highest BCUT2D eigenvalue weighted by Gasteiger charge is 2.20. The minimum absolute atomic E-state index is 0.869. The molecule has 0 radical (unpaired) electrons. The lowest BCUT2D eigenvalue weighted by molar-refractivity contribution is 0.354. The van der Waals surface area contributed by atoms with Gasteiger partial charge in [0.15, 0.2) is 0 Å². The average Bonchev–Trinajstić information content (AvgIpc) is 2.50. The molecule has 0 atom stereocenters. The summed E-state index contributed by atoms with van der Waals surface area (Å²) in [5.41, 5.74) is 3.38. The van der Waals surface area contributed by atoms with Gasteiger partial charge in [-0.2, -0.15) is 0 Å². The Morgan fingerprint density at radius 3 is 2.11 bits per heavy atom. The van der Waals surface area contributed by atoms with E-state index in [4.69, 9.17) is 0 Å². The summed E-state index contributed by atoms with van der Waals surface area (Å²) in [5.74, 6) is 1.84. The predicted octanol–water partition coefficient (Wildman–Crippen LogP) is 5.86. The first-order valence-electron chi connectivity index (χ1n) is 8.51. The molecule has 1 aromatic carbocycles. The maximum atomic E-state index is 2.42. The van der Waals surface area contributed by atoms with E-state index in [9.17, 15) is 0 Å². The first kappa shape index (κ1) is 13.2. The van der Waals surface area contributed by atoms with Crippen LogP contribution in [-0.2, 0) is 6.42 Å². The van der Waals surface area contributed by atoms with Crippen LogP contribution in [0.3, 0.4) is 0 Å². The molecule has 1 aromatic rings. The van der Waals surface area contributed by atoms with E-state index < -0.39 is 0 Å². The number of rotatable bonds is 3. The molecular weight excluding hydrogens is 228 g/mol. The summed E-state index contributed by atoms with van der Waals surface area (Å²) in [6, 6.07) is 9.35. The Bertz CT molecular complexity index is 381. The van der Waals surface area contributed by atoms with Gasteiger partial charge in [0.25, 0.3) is 0 Å². The molecule has 3 rings (SSSR count). The number of hydrogen-bond donors (Lipinski definition) is 0. The van der Waals surface area contributed by atoms with Gasteiger partial charge < -0.3 is 0 Å². The number of benzene rings is 1. The molecule has 0 aromatic heterocycles. The van der Waals surface area contributed by atoms with Crippen LogP contribution in [0.4, 0.5) is 0 Å². The van der Waals surface area contributed by atoms with Gasteiger partial charge >= 0.3 is 0 Å². The largest absolute Gasteiger partial charge is 0.0620 e. The van der Waals surface area contributed by atoms with Gasteiger partial charge in [-0.1, -0.05) is 75.6 Å². The Balaban J connectivity index is 1.72. The molecule has 0 spiro atoms. The standard InChI is InChI=1S/C19H28/c1-3-9-16(10-4-1)15-18-13-7-8-14-19(18)17-11-5-2-6-12-17/h7-8,13-14,16-17H,1-6,9-12,15H2. The van der Waals surface area contributed by atoms with Crippen molar-refractivity contribution < 1.29 is 0 Å². The molecule has 2 saturated carbocycles. The van der Waals surface area contributed by atoms with E-state index in [1.54, 1.807) is 11.1 Å². The zero-order valence-corrected chi connectivity index (χ0v) is 12.2. The quantitative estimate of drug-likeness (QED) is 0.635. The molecule has 2 aliphatic carbocycles. The second kappa shape index (κ2) is 6.59. The van der Waals surface area contributed by atoms with Crippen molar-refractivity contribution in [2.75, 3.05) is 0 Å². The summed E-state index contributed by atoms with van der Waals surface area (Å²) in [4.78, 5) is 0. The fraction of sp³-hybridized carbons (Fsp3) is 0.684. The third kappa shape index (κ3) is 3.41. The highest BCUT2D eigenvalue weighted by molar-refractivity contribution is 5.31. The van der Waals surface area contributed by atoms with Gasteiger partial charge in [0.2, 0.25) is 0 Å². The fourth-order valence-corrected chi connectivity index (χ4v) is 4.23. The lowest BCUT2D eigenvalue weighted by Gasteiger charge is -2.27. The van der Waals surface area contributed by atoms with Crippen LogP contribution in [0.25, 0.3) is 0 Å². The lowest BCUT2D eigenvalue weighted by atomic mass is 9.78. The van der Waals surface area contributed by atoms with Crippen molar-refractivity contribution in [1.29, 1.82) is 0 Å². The molecule has 0 amide bonds. The first-order valence-corrected chi connectivity index (χ1v) is 8.51. The smallest absolute Gasteiger partial charge is 0.0159 e. The summed E-state index contributed by atoms with van der Waals surface area (Å²) in [7, 11) is 0. The molecule has 0 heterocycles. The van der Waals surface area contributed by atoms with Gasteiger partial charge in [-0.3, -0.25) is 0 Å². The predicted molar refractivity (Wildman–Crippen MR) is 82.5 cm³/mol. The summed E-state index contributed by atoms with van der Waals surface area (Å²) >= 11 is 0. The molecule has 0 saturated heterocycles. The van der Waals surface area contributed by atoms with Crippen LogP contribution < -0.4 is 0 Å². The Labute approximate surface area is 118 Å². The minimum Gasteiger partial charge on any atom is -0.0620 e. The molecular formula is C19H28. The van der Waals surface area contributed by atoms with Gasteiger partial charge in [-0.25, -0.2) is 0 Å². The summed E-state index contributed by atoms with van der Waals surface area (Å²) in [5, 5.41) is 0. The van der Waals surface area contributed by atoms with Gasteiger partial charge in [0.1, 0.15) is 0 Å². The summed E-state index contributed by atoms with van der Waals surface area (Å²) in [6.45, 7) is 0. The topological polar surface area (TPSA) is 0 Å². The highest BCUT2D eigenvalue weighted by atomic mass is 14.3. The molecule has 0 aliphatic heterocycles. The summed E-state index contributed by atoms with van der Waals surface area (Å²) < 4.78 is 0. The van der Waals surface area contributed by atoms with Crippen LogP contribution in [0, 0.1) is 5.92 Å². The summed E-state index contributed by atoms with van der Waals surface area (Å²) in [6.07, 6.45) is 15.9. The molecule has 2 aliphatic rings. The molecule has 2 fully saturated rings. The Morgan fingerprint density at radius 1 is 0.737 bits per heavy atom. The third-order valence-corrected chi connectivity index (χ3v) is 5.33. The van der Waals surface area contributed by atoms with Crippen LogP contribution in [0.2, 0.25) is 0 Å². The average molecular weight is 256 g/mol. The third-order valence-electron chi connectivity index (χ3n) is 5.33. The Kier molecular flexibility index (Phi) is 4.58. The molecule has 0 unspecified atom stereocenters. The van der Waals surface area contributed by atoms with E-state index in [2.05, 4.69) is 24.3 Å². The van der Waals surface area contributed by atoms with Crippen molar-refractivity contribution in [2.45, 2.75) is 76.5 Å². The van der Waals surface area contributed by atoms with E-state index in [-0.39, 0.29) is 0 Å². The minimum atomic E-state index is 0.869. The van der Waals surface area contributed by atoms with Crippen LogP contribution in [0.15, 0.2) is 24.3 Å². The van der Waals surface area contributed by atoms with Gasteiger partial charge in [0.05, 0.1) is 0 Å². The fourth-order valence-electron chi connectivity index (χ4n) is 4.23. The lowest BCUT2D eigenvalue weighted by Crippen LogP contribution is -2.13. The van der Waals surface area contributed by atoms with Gasteiger partial charge in [-0.15, -0.1) is 0 Å². The van der Waals surface area contributed by atoms with Gasteiger partial charge in [0, 0.05) is 0 Å². The molecule has 0 N–H and O–H groups in total. The van der Waals surface area contributed by atoms with Gasteiger partial charge in [-0.05, 0) is 42.2 Å². The van der Waals surface area contributed by atoms with E-state index in [1.807, 2.05) is 0 Å². The Morgan fingerprint density at radius 2 is 1.37 bits per heavy atom. The van der Waals surface area contributed by atoms with Crippen LogP contribution in [0.1, 0.15) is 81.3 Å². The highest BCUT2D eigenvalue weighted by Crippen LogP contribution is 2.36. The normalized spacial score (nSPS) is 22.5. The van der Waals surface area contributed by atoms with Crippen molar-refractivity contribution in [3.05, 3.63) is 35.4 Å². The molecule has 0 heteroatoms. The second-order valence-corrected chi connectivity index (χ2v) is 6.74. The molecule has 0 bridgehead atoms. The molecule has 0 nitrogen and oxygen atoms in total. The zero-order chi connectivity index (χ0) is 12.9.